The summed E-state index contributed by atoms with van der Waals surface area (Å²) in [5, 5.41) is 0. The Balaban J connectivity index is 1.89. The summed E-state index contributed by atoms with van der Waals surface area (Å²) in [6, 6.07) is 13.6. The van der Waals surface area contributed by atoms with Crippen LogP contribution in [0.4, 0.5) is 5.69 Å². The maximum atomic E-state index is 13.0. The van der Waals surface area contributed by atoms with Crippen LogP contribution in [0.15, 0.2) is 53.4 Å². The van der Waals surface area contributed by atoms with E-state index in [-0.39, 0.29) is 16.8 Å². The molecule has 6 heteroatoms. The molecule has 0 aromatic heterocycles. The Bertz CT molecular complexity index is 892. The molecule has 0 aliphatic carbocycles. The smallest absolute Gasteiger partial charge is 0.261 e. The average Bonchev–Trinajstić information content (AvgIpc) is 2.62. The first-order chi connectivity index (χ1) is 12.4. The van der Waals surface area contributed by atoms with Crippen molar-refractivity contribution in [1.29, 1.82) is 0 Å². The second-order valence-corrected chi connectivity index (χ2v) is 8.49. The quantitative estimate of drug-likeness (QED) is 0.887. The average molecular weight is 372 g/mol. The molecule has 1 amide bonds. The number of rotatable bonds is 4. The van der Waals surface area contributed by atoms with Crippen molar-refractivity contribution in [2.75, 3.05) is 11.3 Å². The third kappa shape index (κ3) is 3.90. The molecule has 1 fully saturated rings. The third-order valence-electron chi connectivity index (χ3n) is 4.80. The minimum absolute atomic E-state index is 0.126. The van der Waals surface area contributed by atoms with Crippen LogP contribution in [0.1, 0.15) is 42.1 Å². The van der Waals surface area contributed by atoms with Crippen molar-refractivity contribution in [1.82, 2.24) is 4.90 Å². The van der Waals surface area contributed by atoms with Crippen LogP contribution in [-0.2, 0) is 10.0 Å². The van der Waals surface area contributed by atoms with E-state index < -0.39 is 10.0 Å². The lowest BCUT2D eigenvalue weighted by molar-refractivity contribution is 0.0636. The minimum atomic E-state index is -3.75. The van der Waals surface area contributed by atoms with Crippen molar-refractivity contribution in [3.05, 3.63) is 59.7 Å². The van der Waals surface area contributed by atoms with Gasteiger partial charge in [-0.25, -0.2) is 8.42 Å². The van der Waals surface area contributed by atoms with Crippen LogP contribution < -0.4 is 4.72 Å². The molecule has 1 unspecified atom stereocenters. The standard InChI is InChI=1S/C20H24N2O3S/c1-15-10-12-17(13-11-15)26(24,25)21-19-9-4-3-8-18(19)20(23)22-14-6-5-7-16(22)2/h3-4,8-13,16,21H,5-7,14H2,1-2H3. The van der Waals surface area contributed by atoms with Crippen LogP contribution in [0.2, 0.25) is 0 Å². The Morgan fingerprint density at radius 1 is 1.08 bits per heavy atom. The number of piperidine rings is 1. The lowest BCUT2D eigenvalue weighted by atomic mass is 10.0. The molecule has 3 rings (SSSR count). The normalized spacial score (nSPS) is 17.8. The first-order valence-electron chi connectivity index (χ1n) is 8.88. The Morgan fingerprint density at radius 3 is 2.46 bits per heavy atom. The number of amides is 1. The molecule has 138 valence electrons. The van der Waals surface area contributed by atoms with E-state index >= 15 is 0 Å². The summed E-state index contributed by atoms with van der Waals surface area (Å²) in [6.07, 6.45) is 3.07. The molecule has 0 radical (unpaired) electrons. The maximum Gasteiger partial charge on any atom is 0.261 e. The molecule has 1 saturated heterocycles. The van der Waals surface area contributed by atoms with E-state index in [9.17, 15) is 13.2 Å². The monoisotopic (exact) mass is 372 g/mol. The number of hydrogen-bond donors (Lipinski definition) is 1. The Labute approximate surface area is 155 Å². The summed E-state index contributed by atoms with van der Waals surface area (Å²) in [6.45, 7) is 4.65. The summed E-state index contributed by atoms with van der Waals surface area (Å²) in [7, 11) is -3.75. The first kappa shape index (κ1) is 18.5. The van der Waals surface area contributed by atoms with Gasteiger partial charge in [-0.3, -0.25) is 9.52 Å². The second-order valence-electron chi connectivity index (χ2n) is 6.81. The van der Waals surface area contributed by atoms with Crippen molar-refractivity contribution >= 4 is 21.6 Å². The summed E-state index contributed by atoms with van der Waals surface area (Å²) >= 11 is 0. The number of carbonyl (C=O) groups is 1. The van der Waals surface area contributed by atoms with Crippen molar-refractivity contribution in [3.63, 3.8) is 0 Å². The van der Waals surface area contributed by atoms with Gasteiger partial charge < -0.3 is 4.90 Å². The lowest BCUT2D eigenvalue weighted by Gasteiger charge is -2.34. The number of para-hydroxylation sites is 1. The molecule has 0 saturated carbocycles. The molecule has 1 aliphatic rings. The van der Waals surface area contributed by atoms with Gasteiger partial charge in [0.2, 0.25) is 0 Å². The van der Waals surface area contributed by atoms with Crippen molar-refractivity contribution in [3.8, 4) is 0 Å². The van der Waals surface area contributed by atoms with Gasteiger partial charge in [0.25, 0.3) is 15.9 Å². The molecule has 1 heterocycles. The number of nitrogens with zero attached hydrogens (tertiary/aromatic N) is 1. The van der Waals surface area contributed by atoms with Gasteiger partial charge in [-0.1, -0.05) is 29.8 Å². The van der Waals surface area contributed by atoms with Crippen LogP contribution in [0.25, 0.3) is 0 Å². The van der Waals surface area contributed by atoms with E-state index in [4.69, 9.17) is 0 Å². The number of hydrogen-bond acceptors (Lipinski definition) is 3. The zero-order chi connectivity index (χ0) is 18.7. The van der Waals surface area contributed by atoms with Crippen molar-refractivity contribution in [2.45, 2.75) is 44.0 Å². The highest BCUT2D eigenvalue weighted by molar-refractivity contribution is 7.92. The van der Waals surface area contributed by atoms with E-state index in [1.807, 2.05) is 18.7 Å². The molecule has 1 N–H and O–H groups in total. The van der Waals surface area contributed by atoms with Crippen LogP contribution in [-0.4, -0.2) is 31.8 Å². The molecule has 0 spiro atoms. The summed E-state index contributed by atoms with van der Waals surface area (Å²) in [5.41, 5.74) is 1.69. The molecule has 1 aliphatic heterocycles. The molecule has 2 aromatic carbocycles. The number of anilines is 1. The Hall–Kier alpha value is -2.34. The fourth-order valence-corrected chi connectivity index (χ4v) is 4.31. The van der Waals surface area contributed by atoms with Gasteiger partial charge in [-0.05, 0) is 57.4 Å². The number of likely N-dealkylation sites (tertiary alicyclic amines) is 1. The van der Waals surface area contributed by atoms with Gasteiger partial charge in [0, 0.05) is 12.6 Å². The van der Waals surface area contributed by atoms with E-state index in [1.54, 1.807) is 48.5 Å². The molecule has 26 heavy (non-hydrogen) atoms. The maximum absolute atomic E-state index is 13.0. The van der Waals surface area contributed by atoms with E-state index in [0.29, 0.717) is 17.8 Å². The minimum Gasteiger partial charge on any atom is -0.336 e. The fourth-order valence-electron chi connectivity index (χ4n) is 3.23. The molecule has 0 bridgehead atoms. The number of aryl methyl sites for hydroxylation is 1. The van der Waals surface area contributed by atoms with Gasteiger partial charge in [0.05, 0.1) is 16.1 Å². The van der Waals surface area contributed by atoms with Gasteiger partial charge >= 0.3 is 0 Å². The van der Waals surface area contributed by atoms with Crippen LogP contribution in [0.3, 0.4) is 0 Å². The Kier molecular flexibility index (Phi) is 5.32. The third-order valence-corrected chi connectivity index (χ3v) is 6.18. The Morgan fingerprint density at radius 2 is 1.77 bits per heavy atom. The number of sulfonamides is 1. The molecular weight excluding hydrogens is 348 g/mol. The van der Waals surface area contributed by atoms with E-state index in [2.05, 4.69) is 4.72 Å². The molecule has 1 atom stereocenters. The topological polar surface area (TPSA) is 66.5 Å². The van der Waals surface area contributed by atoms with Crippen molar-refractivity contribution < 1.29 is 13.2 Å². The van der Waals surface area contributed by atoms with Crippen LogP contribution in [0, 0.1) is 6.92 Å². The van der Waals surface area contributed by atoms with Gasteiger partial charge in [0.15, 0.2) is 0 Å². The predicted octanol–water partition coefficient (Wildman–Crippen LogP) is 3.81. The fraction of sp³-hybridized carbons (Fsp3) is 0.350. The summed E-state index contributed by atoms with van der Waals surface area (Å²) in [5.74, 6) is -0.126. The first-order valence-corrected chi connectivity index (χ1v) is 10.4. The van der Waals surface area contributed by atoms with Gasteiger partial charge in [0.1, 0.15) is 0 Å². The van der Waals surface area contributed by atoms with Crippen LogP contribution in [0.5, 0.6) is 0 Å². The van der Waals surface area contributed by atoms with Crippen LogP contribution >= 0.6 is 0 Å². The SMILES string of the molecule is Cc1ccc(S(=O)(=O)Nc2ccccc2C(=O)N2CCCCC2C)cc1. The highest BCUT2D eigenvalue weighted by Crippen LogP contribution is 2.25. The summed E-state index contributed by atoms with van der Waals surface area (Å²) < 4.78 is 28.0. The zero-order valence-electron chi connectivity index (χ0n) is 15.1. The second kappa shape index (κ2) is 7.50. The molecule has 2 aromatic rings. The number of nitrogens with one attached hydrogen (secondary N) is 1. The lowest BCUT2D eigenvalue weighted by Crippen LogP contribution is -2.42. The molecule has 5 nitrogen and oxygen atoms in total. The number of benzene rings is 2. The van der Waals surface area contributed by atoms with E-state index in [0.717, 1.165) is 24.8 Å². The molecular formula is C20H24N2O3S. The van der Waals surface area contributed by atoms with Gasteiger partial charge in [-0.15, -0.1) is 0 Å². The highest BCUT2D eigenvalue weighted by atomic mass is 32.2. The zero-order valence-corrected chi connectivity index (χ0v) is 15.9. The number of carbonyl (C=O) groups excluding carboxylic acids is 1. The summed E-state index contributed by atoms with van der Waals surface area (Å²) in [4.78, 5) is 15.0. The van der Waals surface area contributed by atoms with E-state index in [1.165, 1.54) is 0 Å². The predicted molar refractivity (Wildman–Crippen MR) is 103 cm³/mol. The van der Waals surface area contributed by atoms with Gasteiger partial charge in [-0.2, -0.15) is 0 Å². The highest BCUT2D eigenvalue weighted by Gasteiger charge is 2.27. The van der Waals surface area contributed by atoms with Crippen molar-refractivity contribution in [2.24, 2.45) is 0 Å². The largest absolute Gasteiger partial charge is 0.336 e.